The standard InChI is InChI=1S/C13H25N3O/c1-13(2,12(17)15-3)8-16-10-4-5-11(16)7-9(14)6-10/h9-11H,4-8,14H2,1-3H3,(H,15,17). The van der Waals surface area contributed by atoms with Gasteiger partial charge in [-0.1, -0.05) is 0 Å². The summed E-state index contributed by atoms with van der Waals surface area (Å²) in [4.78, 5) is 14.4. The van der Waals surface area contributed by atoms with Crippen molar-refractivity contribution in [2.45, 2.75) is 57.7 Å². The van der Waals surface area contributed by atoms with Crippen molar-refractivity contribution in [3.8, 4) is 0 Å². The smallest absolute Gasteiger partial charge is 0.226 e. The number of amides is 1. The summed E-state index contributed by atoms with van der Waals surface area (Å²) in [6.45, 7) is 4.91. The van der Waals surface area contributed by atoms with Gasteiger partial charge in [0, 0.05) is 31.7 Å². The lowest BCUT2D eigenvalue weighted by atomic mass is 9.88. The average molecular weight is 239 g/mol. The van der Waals surface area contributed by atoms with Crippen LogP contribution in [0.15, 0.2) is 0 Å². The highest BCUT2D eigenvalue weighted by atomic mass is 16.2. The van der Waals surface area contributed by atoms with Crippen molar-refractivity contribution in [1.82, 2.24) is 10.2 Å². The van der Waals surface area contributed by atoms with E-state index in [1.165, 1.54) is 12.8 Å². The first-order chi connectivity index (χ1) is 7.94. The molecule has 2 rings (SSSR count). The van der Waals surface area contributed by atoms with Gasteiger partial charge in [-0.05, 0) is 39.5 Å². The Labute approximate surface area is 104 Å². The van der Waals surface area contributed by atoms with E-state index in [4.69, 9.17) is 5.73 Å². The van der Waals surface area contributed by atoms with Crippen LogP contribution in [0.4, 0.5) is 0 Å². The number of carbonyl (C=O) groups is 1. The first kappa shape index (κ1) is 12.8. The number of piperidine rings is 1. The maximum absolute atomic E-state index is 11.8. The maximum atomic E-state index is 11.8. The molecule has 0 aromatic rings. The van der Waals surface area contributed by atoms with Gasteiger partial charge in [-0.15, -0.1) is 0 Å². The Morgan fingerprint density at radius 2 is 1.88 bits per heavy atom. The van der Waals surface area contributed by atoms with E-state index in [1.54, 1.807) is 7.05 Å². The summed E-state index contributed by atoms with van der Waals surface area (Å²) in [5, 5.41) is 2.76. The largest absolute Gasteiger partial charge is 0.359 e. The number of hydrogen-bond acceptors (Lipinski definition) is 3. The number of nitrogens with zero attached hydrogens (tertiary/aromatic N) is 1. The molecule has 0 aromatic carbocycles. The molecule has 0 spiro atoms. The van der Waals surface area contributed by atoms with Gasteiger partial charge in [0.05, 0.1) is 5.41 Å². The highest BCUT2D eigenvalue weighted by molar-refractivity contribution is 5.81. The van der Waals surface area contributed by atoms with E-state index < -0.39 is 0 Å². The molecule has 0 aromatic heterocycles. The average Bonchev–Trinajstić information content (AvgIpc) is 2.51. The van der Waals surface area contributed by atoms with Crippen molar-refractivity contribution in [2.24, 2.45) is 11.1 Å². The van der Waals surface area contributed by atoms with Gasteiger partial charge in [-0.2, -0.15) is 0 Å². The van der Waals surface area contributed by atoms with Crippen molar-refractivity contribution >= 4 is 5.91 Å². The summed E-state index contributed by atoms with van der Waals surface area (Å²) < 4.78 is 0. The number of carbonyl (C=O) groups excluding carboxylic acids is 1. The number of nitrogens with two attached hydrogens (primary N) is 1. The topological polar surface area (TPSA) is 58.4 Å². The van der Waals surface area contributed by atoms with Gasteiger partial charge in [0.15, 0.2) is 0 Å². The molecule has 2 bridgehead atoms. The number of rotatable bonds is 3. The Hall–Kier alpha value is -0.610. The zero-order chi connectivity index (χ0) is 12.6. The van der Waals surface area contributed by atoms with Crippen LogP contribution in [-0.4, -0.2) is 42.5 Å². The van der Waals surface area contributed by atoms with Crippen molar-refractivity contribution in [3.63, 3.8) is 0 Å². The summed E-state index contributed by atoms with van der Waals surface area (Å²) in [6, 6.07) is 1.58. The molecule has 1 amide bonds. The van der Waals surface area contributed by atoms with Gasteiger partial charge in [-0.25, -0.2) is 0 Å². The molecule has 0 aliphatic carbocycles. The Morgan fingerprint density at radius 3 is 2.35 bits per heavy atom. The monoisotopic (exact) mass is 239 g/mol. The van der Waals surface area contributed by atoms with E-state index in [1.807, 2.05) is 13.8 Å². The lowest BCUT2D eigenvalue weighted by Crippen LogP contribution is -2.53. The molecular formula is C13H25N3O. The second-order valence-corrected chi connectivity index (χ2v) is 6.25. The fraction of sp³-hybridized carbons (Fsp3) is 0.923. The van der Waals surface area contributed by atoms with E-state index in [0.29, 0.717) is 18.1 Å². The molecule has 3 N–H and O–H groups in total. The van der Waals surface area contributed by atoms with Crippen LogP contribution in [0.3, 0.4) is 0 Å². The molecule has 2 saturated heterocycles. The van der Waals surface area contributed by atoms with Gasteiger partial charge < -0.3 is 11.1 Å². The number of fused-ring (bicyclic) bond motifs is 2. The molecule has 0 radical (unpaired) electrons. The third kappa shape index (κ3) is 2.47. The third-order valence-corrected chi connectivity index (χ3v) is 4.34. The van der Waals surface area contributed by atoms with Gasteiger partial charge >= 0.3 is 0 Å². The Morgan fingerprint density at radius 1 is 1.35 bits per heavy atom. The van der Waals surface area contributed by atoms with Crippen LogP contribution >= 0.6 is 0 Å². The number of nitrogens with one attached hydrogen (secondary N) is 1. The van der Waals surface area contributed by atoms with Crippen LogP contribution in [0.25, 0.3) is 0 Å². The molecule has 4 heteroatoms. The molecule has 2 unspecified atom stereocenters. The summed E-state index contributed by atoms with van der Waals surface area (Å²) in [5.41, 5.74) is 5.75. The minimum atomic E-state index is -0.309. The van der Waals surface area contributed by atoms with Crippen molar-refractivity contribution in [3.05, 3.63) is 0 Å². The lowest BCUT2D eigenvalue weighted by Gasteiger charge is -2.41. The van der Waals surface area contributed by atoms with Crippen LogP contribution in [0.1, 0.15) is 39.5 Å². The second kappa shape index (κ2) is 4.58. The molecule has 2 aliphatic heterocycles. The molecule has 2 fully saturated rings. The molecule has 2 aliphatic rings. The van der Waals surface area contributed by atoms with Crippen LogP contribution < -0.4 is 11.1 Å². The van der Waals surface area contributed by atoms with E-state index in [-0.39, 0.29) is 11.3 Å². The minimum Gasteiger partial charge on any atom is -0.359 e. The summed E-state index contributed by atoms with van der Waals surface area (Å²) in [7, 11) is 1.71. The quantitative estimate of drug-likeness (QED) is 0.762. The Bertz CT molecular complexity index is 289. The molecule has 2 heterocycles. The fourth-order valence-electron chi connectivity index (χ4n) is 3.44. The second-order valence-electron chi connectivity index (χ2n) is 6.25. The Balaban J connectivity index is 2.03. The van der Waals surface area contributed by atoms with Crippen molar-refractivity contribution < 1.29 is 4.79 Å². The van der Waals surface area contributed by atoms with E-state index >= 15 is 0 Å². The van der Waals surface area contributed by atoms with Crippen LogP contribution in [0.2, 0.25) is 0 Å². The number of hydrogen-bond donors (Lipinski definition) is 2. The first-order valence-corrected chi connectivity index (χ1v) is 6.67. The lowest BCUT2D eigenvalue weighted by molar-refractivity contribution is -0.130. The third-order valence-electron chi connectivity index (χ3n) is 4.34. The van der Waals surface area contributed by atoms with Gasteiger partial charge in [-0.3, -0.25) is 9.69 Å². The van der Waals surface area contributed by atoms with E-state index in [9.17, 15) is 4.79 Å². The molecule has 4 nitrogen and oxygen atoms in total. The molecule has 98 valence electrons. The molecular weight excluding hydrogens is 214 g/mol. The van der Waals surface area contributed by atoms with Gasteiger partial charge in [0.25, 0.3) is 0 Å². The summed E-state index contributed by atoms with van der Waals surface area (Å²) >= 11 is 0. The van der Waals surface area contributed by atoms with Crippen LogP contribution in [-0.2, 0) is 4.79 Å². The highest BCUT2D eigenvalue weighted by Crippen LogP contribution is 2.37. The Kier molecular flexibility index (Phi) is 3.46. The molecule has 2 atom stereocenters. The highest BCUT2D eigenvalue weighted by Gasteiger charge is 2.42. The van der Waals surface area contributed by atoms with Gasteiger partial charge in [0.2, 0.25) is 5.91 Å². The maximum Gasteiger partial charge on any atom is 0.226 e. The molecule has 17 heavy (non-hydrogen) atoms. The molecule has 0 saturated carbocycles. The van der Waals surface area contributed by atoms with E-state index in [2.05, 4.69) is 10.2 Å². The fourth-order valence-corrected chi connectivity index (χ4v) is 3.44. The van der Waals surface area contributed by atoms with Crippen molar-refractivity contribution in [1.29, 1.82) is 0 Å². The zero-order valence-corrected chi connectivity index (χ0v) is 11.2. The predicted octanol–water partition coefficient (Wildman–Crippen LogP) is 0.713. The summed E-state index contributed by atoms with van der Waals surface area (Å²) in [5.74, 6) is 0.131. The zero-order valence-electron chi connectivity index (χ0n) is 11.2. The SMILES string of the molecule is CNC(=O)C(C)(C)CN1C2CCC1CC(N)C2. The minimum absolute atomic E-state index is 0.131. The predicted molar refractivity (Wildman–Crippen MR) is 68.6 cm³/mol. The van der Waals surface area contributed by atoms with Crippen LogP contribution in [0.5, 0.6) is 0 Å². The van der Waals surface area contributed by atoms with Crippen molar-refractivity contribution in [2.75, 3.05) is 13.6 Å². The normalized spacial score (nSPS) is 33.8. The van der Waals surface area contributed by atoms with Crippen LogP contribution in [0, 0.1) is 5.41 Å². The van der Waals surface area contributed by atoms with Gasteiger partial charge in [0.1, 0.15) is 0 Å². The first-order valence-electron chi connectivity index (χ1n) is 6.67. The summed E-state index contributed by atoms with van der Waals surface area (Å²) in [6.07, 6.45) is 4.70. The van der Waals surface area contributed by atoms with E-state index in [0.717, 1.165) is 19.4 Å².